The normalized spacial score (nSPS) is 21.3. The Balaban J connectivity index is 2.25. The Kier molecular flexibility index (Phi) is 3.96. The van der Waals surface area contributed by atoms with Crippen LogP contribution in [0.5, 0.6) is 0 Å². The highest BCUT2D eigenvalue weighted by Gasteiger charge is 2.41. The van der Waals surface area contributed by atoms with Gasteiger partial charge in [-0.05, 0) is 37.0 Å². The molecular formula is C18H14F3NO2. The maximum absolute atomic E-state index is 13.4. The summed E-state index contributed by atoms with van der Waals surface area (Å²) in [5.41, 5.74) is -0.195. The number of ether oxygens (including phenoxy) is 1. The third kappa shape index (κ3) is 2.60. The predicted octanol–water partition coefficient (Wildman–Crippen LogP) is 4.62. The molecule has 0 spiro atoms. The molecule has 3 rings (SSSR count). The minimum absolute atomic E-state index is 0.00796. The van der Waals surface area contributed by atoms with Gasteiger partial charge in [0, 0.05) is 12.3 Å². The van der Waals surface area contributed by atoms with E-state index in [4.69, 9.17) is 4.74 Å². The number of halogens is 3. The first-order valence-electron chi connectivity index (χ1n) is 7.55. The summed E-state index contributed by atoms with van der Waals surface area (Å²) in [6.07, 6.45) is -3.25. The molecule has 124 valence electrons. The van der Waals surface area contributed by atoms with Crippen LogP contribution in [0.4, 0.5) is 13.2 Å². The van der Waals surface area contributed by atoms with Crippen molar-refractivity contribution in [1.82, 2.24) is 0 Å². The van der Waals surface area contributed by atoms with Gasteiger partial charge >= 0.3 is 6.18 Å². The number of alkyl halides is 3. The van der Waals surface area contributed by atoms with Crippen LogP contribution < -0.4 is 0 Å². The Morgan fingerprint density at radius 2 is 1.96 bits per heavy atom. The topological polar surface area (TPSA) is 50.1 Å². The number of hydrogen-bond donors (Lipinski definition) is 0. The summed E-state index contributed by atoms with van der Waals surface area (Å²) >= 11 is 0. The highest BCUT2D eigenvalue weighted by molar-refractivity contribution is 5.96. The van der Waals surface area contributed by atoms with Gasteiger partial charge in [-0.25, -0.2) is 0 Å². The molecule has 0 N–H and O–H groups in total. The van der Waals surface area contributed by atoms with Crippen molar-refractivity contribution in [3.05, 3.63) is 58.1 Å². The molecule has 0 saturated carbocycles. The average molecular weight is 333 g/mol. The van der Waals surface area contributed by atoms with Gasteiger partial charge in [-0.15, -0.1) is 0 Å². The number of allylic oxidation sites excluding steroid dienone is 4. The molecule has 0 radical (unpaired) electrons. The third-order valence-corrected chi connectivity index (χ3v) is 4.36. The van der Waals surface area contributed by atoms with Crippen LogP contribution in [-0.4, -0.2) is 5.78 Å². The molecule has 1 heterocycles. The molecule has 2 aliphatic rings. The van der Waals surface area contributed by atoms with E-state index in [0.29, 0.717) is 24.8 Å². The number of ketones is 1. The summed E-state index contributed by atoms with van der Waals surface area (Å²) in [6, 6.07) is 7.16. The molecule has 0 fully saturated rings. The molecule has 1 aromatic rings. The highest BCUT2D eigenvalue weighted by atomic mass is 19.4. The second kappa shape index (κ2) is 5.82. The molecule has 1 aliphatic carbocycles. The van der Waals surface area contributed by atoms with Gasteiger partial charge in [-0.3, -0.25) is 4.79 Å². The number of carbonyl (C=O) groups excluding carboxylic acids is 1. The summed E-state index contributed by atoms with van der Waals surface area (Å²) in [5.74, 6) is -0.809. The van der Waals surface area contributed by atoms with Crippen molar-refractivity contribution in [1.29, 1.82) is 5.26 Å². The van der Waals surface area contributed by atoms with Gasteiger partial charge < -0.3 is 4.74 Å². The SMILES string of the molecule is CC1=C(C#N)[C@@H](c2ccccc2C(F)(F)F)C2=C(O1)C(=O)CCC2. The van der Waals surface area contributed by atoms with Crippen LogP contribution in [0.3, 0.4) is 0 Å². The number of Topliss-reactive ketones (excluding diaryl/α,β-unsaturated/α-hetero) is 1. The average Bonchev–Trinajstić information content (AvgIpc) is 2.54. The van der Waals surface area contributed by atoms with Crippen molar-refractivity contribution in [2.45, 2.75) is 38.3 Å². The van der Waals surface area contributed by atoms with Gasteiger partial charge in [-0.2, -0.15) is 18.4 Å². The summed E-state index contributed by atoms with van der Waals surface area (Å²) < 4.78 is 45.7. The molecule has 24 heavy (non-hydrogen) atoms. The fraction of sp³-hybridized carbons (Fsp3) is 0.333. The fourth-order valence-corrected chi connectivity index (χ4v) is 3.32. The van der Waals surface area contributed by atoms with Crippen molar-refractivity contribution in [3.8, 4) is 6.07 Å². The van der Waals surface area contributed by atoms with Gasteiger partial charge in [0.25, 0.3) is 0 Å². The maximum atomic E-state index is 13.4. The van der Waals surface area contributed by atoms with Crippen LogP contribution in [0.25, 0.3) is 0 Å². The molecule has 1 aliphatic heterocycles. The smallest absolute Gasteiger partial charge is 0.416 e. The van der Waals surface area contributed by atoms with E-state index in [2.05, 4.69) is 0 Å². The van der Waals surface area contributed by atoms with Gasteiger partial charge in [0.15, 0.2) is 11.5 Å². The molecule has 0 unspecified atom stereocenters. The van der Waals surface area contributed by atoms with E-state index in [9.17, 15) is 23.2 Å². The monoisotopic (exact) mass is 333 g/mol. The summed E-state index contributed by atoms with van der Waals surface area (Å²) in [6.45, 7) is 1.51. The van der Waals surface area contributed by atoms with E-state index in [0.717, 1.165) is 6.07 Å². The minimum atomic E-state index is -4.54. The van der Waals surface area contributed by atoms with Gasteiger partial charge in [0.2, 0.25) is 0 Å². The Morgan fingerprint density at radius 3 is 2.62 bits per heavy atom. The van der Waals surface area contributed by atoms with Crippen LogP contribution in [0.2, 0.25) is 0 Å². The largest absolute Gasteiger partial charge is 0.457 e. The Hall–Kier alpha value is -2.55. The first kappa shape index (κ1) is 16.3. The van der Waals surface area contributed by atoms with E-state index in [1.807, 2.05) is 6.07 Å². The Bertz CT molecular complexity index is 812. The van der Waals surface area contributed by atoms with Crippen LogP contribution in [-0.2, 0) is 15.7 Å². The van der Waals surface area contributed by atoms with Crippen molar-refractivity contribution >= 4 is 5.78 Å². The van der Waals surface area contributed by atoms with Crippen molar-refractivity contribution in [2.24, 2.45) is 0 Å². The van der Waals surface area contributed by atoms with Crippen LogP contribution in [0, 0.1) is 11.3 Å². The summed E-state index contributed by atoms with van der Waals surface area (Å²) in [4.78, 5) is 12.1. The molecule has 1 aromatic carbocycles. The molecular weight excluding hydrogens is 319 g/mol. The van der Waals surface area contributed by atoms with E-state index >= 15 is 0 Å². The lowest BCUT2D eigenvalue weighted by Crippen LogP contribution is -2.25. The lowest BCUT2D eigenvalue weighted by Gasteiger charge is -2.32. The third-order valence-electron chi connectivity index (χ3n) is 4.36. The van der Waals surface area contributed by atoms with Crippen molar-refractivity contribution < 1.29 is 22.7 Å². The minimum Gasteiger partial charge on any atom is -0.457 e. The highest BCUT2D eigenvalue weighted by Crippen LogP contribution is 2.47. The zero-order valence-corrected chi connectivity index (χ0v) is 12.9. The molecule has 0 amide bonds. The second-order valence-corrected chi connectivity index (χ2v) is 5.83. The summed E-state index contributed by atoms with van der Waals surface area (Å²) in [5, 5.41) is 9.47. The Morgan fingerprint density at radius 1 is 1.25 bits per heavy atom. The molecule has 1 atom stereocenters. The van der Waals surface area contributed by atoms with Crippen LogP contribution >= 0.6 is 0 Å². The molecule has 0 bridgehead atoms. The van der Waals surface area contributed by atoms with Crippen LogP contribution in [0.15, 0.2) is 46.9 Å². The van der Waals surface area contributed by atoms with Crippen molar-refractivity contribution in [3.63, 3.8) is 0 Å². The maximum Gasteiger partial charge on any atom is 0.416 e. The van der Waals surface area contributed by atoms with E-state index < -0.39 is 17.7 Å². The van der Waals surface area contributed by atoms with E-state index in [1.54, 1.807) is 0 Å². The zero-order chi connectivity index (χ0) is 17.5. The molecule has 6 heteroatoms. The lowest BCUT2D eigenvalue weighted by atomic mass is 9.76. The number of hydrogen-bond acceptors (Lipinski definition) is 3. The first-order valence-corrected chi connectivity index (χ1v) is 7.55. The zero-order valence-electron chi connectivity index (χ0n) is 12.9. The molecule has 0 saturated heterocycles. The summed E-state index contributed by atoms with van der Waals surface area (Å²) in [7, 11) is 0. The Labute approximate surface area is 137 Å². The van der Waals surface area contributed by atoms with E-state index in [-0.39, 0.29) is 28.4 Å². The molecule has 3 nitrogen and oxygen atoms in total. The number of rotatable bonds is 1. The predicted molar refractivity (Wildman–Crippen MR) is 79.5 cm³/mol. The van der Waals surface area contributed by atoms with Crippen molar-refractivity contribution in [2.75, 3.05) is 0 Å². The standard InChI is InChI=1S/C18H14F3NO2/c1-10-13(9-22)16(12-6-4-8-15(23)17(12)24-10)11-5-2-3-7-14(11)18(19,20)21/h2-3,5,7,16H,4,6,8H2,1H3/t16-/m0/s1. The van der Waals surface area contributed by atoms with Crippen LogP contribution in [0.1, 0.15) is 43.2 Å². The number of nitriles is 1. The lowest BCUT2D eigenvalue weighted by molar-refractivity contribution is -0.138. The first-order chi connectivity index (χ1) is 11.3. The number of carbonyl (C=O) groups is 1. The second-order valence-electron chi connectivity index (χ2n) is 5.83. The number of nitrogens with zero attached hydrogens (tertiary/aromatic N) is 1. The van der Waals surface area contributed by atoms with Gasteiger partial charge in [-0.1, -0.05) is 18.2 Å². The molecule has 0 aromatic heterocycles. The quantitative estimate of drug-likeness (QED) is 0.753. The van der Waals surface area contributed by atoms with Gasteiger partial charge in [0.1, 0.15) is 5.76 Å². The number of benzene rings is 1. The van der Waals surface area contributed by atoms with Gasteiger partial charge in [0.05, 0.1) is 17.2 Å². The van der Waals surface area contributed by atoms with E-state index in [1.165, 1.54) is 25.1 Å². The fourth-order valence-electron chi connectivity index (χ4n) is 3.32.